The lowest BCUT2D eigenvalue weighted by Crippen LogP contribution is -3.00. The molecule has 1 unspecified atom stereocenters. The minimum absolute atomic E-state index is 0. The summed E-state index contributed by atoms with van der Waals surface area (Å²) in [5.74, 6) is 0. The fourth-order valence-electron chi connectivity index (χ4n) is 2.27. The summed E-state index contributed by atoms with van der Waals surface area (Å²) in [5.41, 5.74) is 1.42. The highest BCUT2D eigenvalue weighted by Gasteiger charge is 2.26. The lowest BCUT2D eigenvalue weighted by molar-refractivity contribution is -0.915. The van der Waals surface area contributed by atoms with Crippen LogP contribution in [-0.2, 0) is 0 Å². The lowest BCUT2D eigenvalue weighted by atomic mass is 10.0. The van der Waals surface area contributed by atoms with Gasteiger partial charge in [0.15, 0.2) is 0 Å². The van der Waals surface area contributed by atoms with E-state index < -0.39 is 0 Å². The Hall–Kier alpha value is -0.830. The molecule has 1 aromatic rings. The van der Waals surface area contributed by atoms with Gasteiger partial charge in [0, 0.05) is 12.0 Å². The van der Waals surface area contributed by atoms with Crippen molar-refractivity contribution >= 4 is 0 Å². The standard InChI is InChI=1S/C14H22N.ClH.H2O/c1-5-12-15(3,4)14(6-2)13-10-8-7-9-11-13;;/h5,7-11,14H,1,6,12H2,2-4H3;1H;1H2/q+1;;/p-1. The van der Waals surface area contributed by atoms with E-state index in [0.29, 0.717) is 6.04 Å². The van der Waals surface area contributed by atoms with Gasteiger partial charge in [-0.25, -0.2) is 0 Å². The zero-order valence-electron chi connectivity index (χ0n) is 11.0. The van der Waals surface area contributed by atoms with Gasteiger partial charge in [-0.05, 0) is 6.08 Å². The van der Waals surface area contributed by atoms with Crippen LogP contribution in [0.2, 0.25) is 0 Å². The Morgan fingerprint density at radius 2 is 1.76 bits per heavy atom. The minimum Gasteiger partial charge on any atom is -1.00 e. The molecule has 0 amide bonds. The van der Waals surface area contributed by atoms with Gasteiger partial charge in [0.1, 0.15) is 6.04 Å². The Kier molecular flexibility index (Phi) is 9.04. The molecule has 2 nitrogen and oxygen atoms in total. The fourth-order valence-corrected chi connectivity index (χ4v) is 2.27. The summed E-state index contributed by atoms with van der Waals surface area (Å²) in [5, 5.41) is 0. The van der Waals surface area contributed by atoms with Crippen molar-refractivity contribution in [2.45, 2.75) is 19.4 Å². The van der Waals surface area contributed by atoms with Gasteiger partial charge in [-0.2, -0.15) is 0 Å². The van der Waals surface area contributed by atoms with Gasteiger partial charge in [-0.1, -0.05) is 43.8 Å². The molecule has 0 radical (unpaired) electrons. The largest absolute Gasteiger partial charge is 1.00 e. The van der Waals surface area contributed by atoms with E-state index in [-0.39, 0.29) is 17.9 Å². The molecular formula is C14H24ClNO. The molecule has 0 heterocycles. The quantitative estimate of drug-likeness (QED) is 0.507. The van der Waals surface area contributed by atoms with Crippen molar-refractivity contribution in [2.75, 3.05) is 20.6 Å². The summed E-state index contributed by atoms with van der Waals surface area (Å²) < 4.78 is 0.976. The summed E-state index contributed by atoms with van der Waals surface area (Å²) >= 11 is 0. The van der Waals surface area contributed by atoms with Crippen LogP contribution in [-0.4, -0.2) is 30.6 Å². The maximum absolute atomic E-state index is 3.84. The molecule has 3 heteroatoms. The topological polar surface area (TPSA) is 31.5 Å². The fraction of sp³-hybridized carbons (Fsp3) is 0.429. The number of quaternary nitrogens is 1. The van der Waals surface area contributed by atoms with Crippen molar-refractivity contribution in [3.8, 4) is 0 Å². The van der Waals surface area contributed by atoms with Crippen molar-refractivity contribution < 1.29 is 22.4 Å². The first-order valence-corrected chi connectivity index (χ1v) is 5.60. The number of hydrogen-bond acceptors (Lipinski definition) is 0. The Morgan fingerprint density at radius 1 is 1.24 bits per heavy atom. The van der Waals surface area contributed by atoms with Gasteiger partial charge >= 0.3 is 0 Å². The summed E-state index contributed by atoms with van der Waals surface area (Å²) in [6.07, 6.45) is 3.16. The molecule has 0 aromatic heterocycles. The van der Waals surface area contributed by atoms with E-state index in [1.54, 1.807) is 0 Å². The van der Waals surface area contributed by atoms with Crippen LogP contribution in [0.5, 0.6) is 0 Å². The van der Waals surface area contributed by atoms with Crippen LogP contribution in [0.4, 0.5) is 0 Å². The van der Waals surface area contributed by atoms with Gasteiger partial charge in [-0.15, -0.1) is 0 Å². The van der Waals surface area contributed by atoms with Crippen molar-refractivity contribution in [1.82, 2.24) is 0 Å². The zero-order chi connectivity index (χ0) is 11.3. The molecule has 0 spiro atoms. The highest BCUT2D eigenvalue weighted by Crippen LogP contribution is 2.27. The predicted molar refractivity (Wildman–Crippen MR) is 70.3 cm³/mol. The van der Waals surface area contributed by atoms with Gasteiger partial charge in [0.05, 0.1) is 20.6 Å². The second-order valence-electron chi connectivity index (χ2n) is 4.58. The number of benzene rings is 1. The first-order valence-electron chi connectivity index (χ1n) is 5.60. The Morgan fingerprint density at radius 3 is 2.18 bits per heavy atom. The van der Waals surface area contributed by atoms with Crippen molar-refractivity contribution in [3.05, 3.63) is 48.6 Å². The molecule has 1 rings (SSSR count). The van der Waals surface area contributed by atoms with Crippen molar-refractivity contribution in [2.24, 2.45) is 0 Å². The molecule has 0 aliphatic heterocycles. The number of halogens is 1. The molecule has 0 bridgehead atoms. The molecule has 98 valence electrons. The zero-order valence-corrected chi connectivity index (χ0v) is 11.7. The van der Waals surface area contributed by atoms with Crippen LogP contribution < -0.4 is 12.4 Å². The first kappa shape index (κ1) is 18.5. The van der Waals surface area contributed by atoms with Crippen LogP contribution in [0.3, 0.4) is 0 Å². The number of likely N-dealkylation sites (N-methyl/N-ethyl adjacent to an activating group) is 1. The third-order valence-corrected chi connectivity index (χ3v) is 3.01. The molecule has 17 heavy (non-hydrogen) atoms. The van der Waals surface area contributed by atoms with Crippen LogP contribution in [0.15, 0.2) is 43.0 Å². The normalized spacial score (nSPS) is 11.9. The maximum Gasteiger partial charge on any atom is 0.114 e. The van der Waals surface area contributed by atoms with E-state index >= 15 is 0 Å². The molecule has 0 saturated heterocycles. The third-order valence-electron chi connectivity index (χ3n) is 3.01. The monoisotopic (exact) mass is 257 g/mol. The Bertz CT molecular complexity index is 311. The number of hydrogen-bond donors (Lipinski definition) is 0. The average molecular weight is 258 g/mol. The second-order valence-corrected chi connectivity index (χ2v) is 4.58. The average Bonchev–Trinajstić information content (AvgIpc) is 2.19. The maximum atomic E-state index is 3.84. The molecule has 1 aromatic carbocycles. The van der Waals surface area contributed by atoms with Crippen LogP contribution in [0, 0.1) is 0 Å². The molecule has 0 fully saturated rings. The highest BCUT2D eigenvalue weighted by molar-refractivity contribution is 5.17. The second kappa shape index (κ2) is 8.29. The van der Waals surface area contributed by atoms with E-state index in [0.717, 1.165) is 17.4 Å². The van der Waals surface area contributed by atoms with Gasteiger partial charge in [-0.3, -0.25) is 0 Å². The first-order chi connectivity index (χ1) is 7.11. The Balaban J connectivity index is 0. The van der Waals surface area contributed by atoms with Gasteiger partial charge < -0.3 is 22.4 Å². The van der Waals surface area contributed by atoms with Crippen LogP contribution >= 0.6 is 0 Å². The molecule has 0 aliphatic rings. The summed E-state index contributed by atoms with van der Waals surface area (Å²) in [6.45, 7) is 7.10. The third kappa shape index (κ3) is 4.90. The Labute approximate surface area is 111 Å². The smallest absolute Gasteiger partial charge is 0.114 e. The molecule has 2 N–H and O–H groups in total. The van der Waals surface area contributed by atoms with E-state index in [1.165, 1.54) is 5.56 Å². The van der Waals surface area contributed by atoms with Crippen molar-refractivity contribution in [3.63, 3.8) is 0 Å². The summed E-state index contributed by atoms with van der Waals surface area (Å²) in [7, 11) is 4.53. The minimum atomic E-state index is 0. The van der Waals surface area contributed by atoms with E-state index in [9.17, 15) is 0 Å². The summed E-state index contributed by atoms with van der Waals surface area (Å²) in [6, 6.07) is 11.3. The van der Waals surface area contributed by atoms with E-state index in [1.807, 2.05) is 6.08 Å². The lowest BCUT2D eigenvalue weighted by Gasteiger charge is -2.37. The highest BCUT2D eigenvalue weighted by atomic mass is 35.5. The molecule has 0 aliphatic carbocycles. The SMILES string of the molecule is C=CC[N+](C)(C)C(CC)c1ccccc1.O.[Cl-]. The van der Waals surface area contributed by atoms with E-state index in [2.05, 4.69) is 57.9 Å². The number of nitrogens with zero attached hydrogens (tertiary/aromatic N) is 1. The predicted octanol–water partition coefficient (Wildman–Crippen LogP) is -0.421. The summed E-state index contributed by atoms with van der Waals surface area (Å²) in [4.78, 5) is 0. The van der Waals surface area contributed by atoms with Crippen molar-refractivity contribution in [1.29, 1.82) is 0 Å². The van der Waals surface area contributed by atoms with Crippen LogP contribution in [0.25, 0.3) is 0 Å². The van der Waals surface area contributed by atoms with Crippen LogP contribution in [0.1, 0.15) is 24.9 Å². The van der Waals surface area contributed by atoms with Gasteiger partial charge in [0.25, 0.3) is 0 Å². The van der Waals surface area contributed by atoms with E-state index in [4.69, 9.17) is 0 Å². The molecule has 0 saturated carbocycles. The number of rotatable bonds is 5. The molecule has 1 atom stereocenters. The molecular weight excluding hydrogens is 234 g/mol. The van der Waals surface area contributed by atoms with Gasteiger partial charge in [0.2, 0.25) is 0 Å².